The fourth-order valence-corrected chi connectivity index (χ4v) is 5.56. The van der Waals surface area contributed by atoms with Crippen LogP contribution in [0.1, 0.15) is 78.4 Å². The lowest BCUT2D eigenvalue weighted by molar-refractivity contribution is 0.0502. The Labute approximate surface area is 235 Å². The molecule has 0 unspecified atom stereocenters. The zero-order chi connectivity index (χ0) is 29.1. The van der Waals surface area contributed by atoms with Gasteiger partial charge in [0.1, 0.15) is 22.9 Å². The van der Waals surface area contributed by atoms with Gasteiger partial charge in [-0.3, -0.25) is 0 Å². The van der Waals surface area contributed by atoms with E-state index in [1.807, 2.05) is 13.8 Å². The Bertz CT molecular complexity index is 1200. The van der Waals surface area contributed by atoms with Crippen molar-refractivity contribution in [3.63, 3.8) is 0 Å². The SMILES string of the molecule is CC(C)(C)OC(=O)N[C@@H](Cc1cc(F)cc(F)c1)c1nc(C#CC(C)(C)O[Si-](C)(C)C(C)(C)C)ccc1Br. The van der Waals surface area contributed by atoms with Crippen LogP contribution in [0.25, 0.3) is 0 Å². The zero-order valence-electron chi connectivity index (χ0n) is 24.0. The van der Waals surface area contributed by atoms with E-state index in [4.69, 9.17) is 9.16 Å². The third kappa shape index (κ3) is 9.79. The van der Waals surface area contributed by atoms with Gasteiger partial charge in [0.05, 0.1) is 17.3 Å². The lowest BCUT2D eigenvalue weighted by Gasteiger charge is -2.52. The molecule has 1 N–H and O–H groups in total. The maximum atomic E-state index is 13.9. The Balaban J connectivity index is 2.45. The maximum absolute atomic E-state index is 13.9. The number of amides is 1. The minimum Gasteiger partial charge on any atom is -0.551 e. The van der Waals surface area contributed by atoms with E-state index in [1.165, 1.54) is 12.1 Å². The summed E-state index contributed by atoms with van der Waals surface area (Å²) in [6, 6.07) is 6.05. The van der Waals surface area contributed by atoms with Crippen molar-refractivity contribution in [3.05, 3.63) is 63.4 Å². The van der Waals surface area contributed by atoms with Crippen LogP contribution >= 0.6 is 15.9 Å². The average Bonchev–Trinajstić information content (AvgIpc) is 2.69. The third-order valence-corrected chi connectivity index (χ3v) is 11.4. The Kier molecular flexibility index (Phi) is 9.96. The summed E-state index contributed by atoms with van der Waals surface area (Å²) in [5.41, 5.74) is -0.150. The highest BCUT2D eigenvalue weighted by molar-refractivity contribution is 9.10. The molecule has 1 aromatic carbocycles. The first-order valence-corrected chi connectivity index (χ1v) is 16.2. The van der Waals surface area contributed by atoms with Gasteiger partial charge >= 0.3 is 6.09 Å². The van der Waals surface area contributed by atoms with E-state index in [-0.39, 0.29) is 11.5 Å². The highest BCUT2D eigenvalue weighted by atomic mass is 79.9. The molecule has 5 nitrogen and oxygen atoms in total. The normalized spacial score (nSPS) is 13.4. The number of pyridine rings is 1. The molecule has 0 aliphatic rings. The average molecular weight is 610 g/mol. The highest BCUT2D eigenvalue weighted by Gasteiger charge is 2.30. The molecule has 38 heavy (non-hydrogen) atoms. The third-order valence-electron chi connectivity index (χ3n) is 6.06. The van der Waals surface area contributed by atoms with Crippen LogP contribution < -0.4 is 5.32 Å². The van der Waals surface area contributed by atoms with Crippen LogP contribution in [-0.4, -0.2) is 30.6 Å². The van der Waals surface area contributed by atoms with Crippen LogP contribution in [0.4, 0.5) is 13.6 Å². The molecule has 0 aliphatic carbocycles. The summed E-state index contributed by atoms with van der Waals surface area (Å²) in [5.74, 6) is 4.90. The number of carbonyl (C=O) groups excluding carboxylic acids is 1. The number of nitrogens with zero attached hydrogens (tertiary/aromatic N) is 1. The van der Waals surface area contributed by atoms with E-state index in [9.17, 15) is 13.6 Å². The summed E-state index contributed by atoms with van der Waals surface area (Å²) in [5, 5.41) is 2.83. The molecule has 1 amide bonds. The Hall–Kier alpha value is -2.28. The molecule has 9 heteroatoms. The van der Waals surface area contributed by atoms with Crippen LogP contribution in [0.3, 0.4) is 0 Å². The quantitative estimate of drug-likeness (QED) is 0.266. The van der Waals surface area contributed by atoms with E-state index in [2.05, 4.69) is 71.9 Å². The molecule has 0 radical (unpaired) electrons. The molecule has 0 aliphatic heterocycles. The van der Waals surface area contributed by atoms with Crippen molar-refractivity contribution in [2.75, 3.05) is 0 Å². The Morgan fingerprint density at radius 1 is 1.05 bits per heavy atom. The second-order valence-electron chi connectivity index (χ2n) is 12.4. The van der Waals surface area contributed by atoms with Crippen LogP contribution in [0, 0.1) is 23.5 Å². The molecule has 1 aromatic heterocycles. The molecule has 0 spiro atoms. The standard InChI is InChI=1S/C29H39BrF2N2O3Si/c1-27(2,3)36-26(35)34-24(17-19-15-20(31)18-21(32)16-19)25-23(30)12-11-22(33-25)13-14-29(7,8)37-38(9,10)28(4,5)6/h11-12,15-16,18,24H,17H2,1-10H3,(H,34,35)/q-1/t24-/m0/s1. The zero-order valence-corrected chi connectivity index (χ0v) is 26.6. The van der Waals surface area contributed by atoms with Gasteiger partial charge in [-0.2, -0.15) is 0 Å². The molecule has 1 heterocycles. The lowest BCUT2D eigenvalue weighted by atomic mass is 10.0. The van der Waals surface area contributed by atoms with Crippen molar-refractivity contribution in [2.24, 2.45) is 0 Å². The Morgan fingerprint density at radius 3 is 2.16 bits per heavy atom. The van der Waals surface area contributed by atoms with Crippen molar-refractivity contribution in [1.82, 2.24) is 10.3 Å². The van der Waals surface area contributed by atoms with E-state index in [0.29, 0.717) is 21.4 Å². The molecule has 0 bridgehead atoms. The highest BCUT2D eigenvalue weighted by Crippen LogP contribution is 2.39. The minimum atomic E-state index is -2.06. The fourth-order valence-electron chi connectivity index (χ4n) is 3.43. The van der Waals surface area contributed by atoms with E-state index in [1.54, 1.807) is 32.9 Å². The van der Waals surface area contributed by atoms with Crippen molar-refractivity contribution < 1.29 is 22.7 Å². The smallest absolute Gasteiger partial charge is 0.408 e. The van der Waals surface area contributed by atoms with Gasteiger partial charge in [-0.25, -0.2) is 18.6 Å². The molecular formula is C29H39BrF2N2O3Si-. The van der Waals surface area contributed by atoms with Crippen molar-refractivity contribution in [1.29, 1.82) is 0 Å². The summed E-state index contributed by atoms with van der Waals surface area (Å²) < 4.78 is 40.4. The van der Waals surface area contributed by atoms with Gasteiger partial charge in [-0.05, 0) is 101 Å². The second-order valence-corrected chi connectivity index (χ2v) is 17.9. The number of hydrogen-bond acceptors (Lipinski definition) is 4. The topological polar surface area (TPSA) is 60.5 Å². The summed E-state index contributed by atoms with van der Waals surface area (Å²) in [6.45, 7) is 20.0. The minimum absolute atomic E-state index is 0.0337. The molecular weight excluding hydrogens is 570 g/mol. The number of carbonyl (C=O) groups is 1. The van der Waals surface area contributed by atoms with Crippen LogP contribution in [0.15, 0.2) is 34.8 Å². The van der Waals surface area contributed by atoms with Crippen molar-refractivity contribution >= 4 is 30.3 Å². The van der Waals surface area contributed by atoms with E-state index < -0.39 is 43.3 Å². The largest absolute Gasteiger partial charge is 0.551 e. The monoisotopic (exact) mass is 608 g/mol. The number of benzene rings is 1. The number of rotatable bonds is 6. The van der Waals surface area contributed by atoms with Gasteiger partial charge in [0.25, 0.3) is 0 Å². The van der Waals surface area contributed by atoms with E-state index in [0.717, 1.165) is 6.07 Å². The van der Waals surface area contributed by atoms with Crippen molar-refractivity contribution in [3.8, 4) is 11.8 Å². The predicted octanol–water partition coefficient (Wildman–Crippen LogP) is 8.08. The molecule has 2 rings (SSSR count). The second kappa shape index (κ2) is 11.8. The molecule has 0 saturated carbocycles. The first-order chi connectivity index (χ1) is 17.2. The molecule has 0 saturated heterocycles. The first kappa shape index (κ1) is 31.9. The summed E-state index contributed by atoms with van der Waals surface area (Å²) in [7, 11) is -2.06. The number of hydrogen-bond donors (Lipinski definition) is 1. The van der Waals surface area contributed by atoms with E-state index >= 15 is 0 Å². The summed E-state index contributed by atoms with van der Waals surface area (Å²) in [4.78, 5) is 17.4. The lowest BCUT2D eigenvalue weighted by Crippen LogP contribution is -2.47. The van der Waals surface area contributed by atoms with Crippen molar-refractivity contribution in [2.45, 2.75) is 97.2 Å². The van der Waals surface area contributed by atoms with Gasteiger partial charge in [0, 0.05) is 10.5 Å². The molecule has 209 valence electrons. The summed E-state index contributed by atoms with van der Waals surface area (Å²) >= 11 is 3.51. The molecule has 2 aromatic rings. The number of alkyl carbamates (subject to hydrolysis) is 1. The van der Waals surface area contributed by atoms with Crippen LogP contribution in [0.2, 0.25) is 18.1 Å². The number of nitrogens with one attached hydrogen (secondary N) is 1. The van der Waals surface area contributed by atoms with Crippen LogP contribution in [-0.2, 0) is 15.6 Å². The maximum Gasteiger partial charge on any atom is 0.408 e. The Morgan fingerprint density at radius 2 is 1.63 bits per heavy atom. The molecule has 1 atom stereocenters. The van der Waals surface area contributed by atoms with Gasteiger partial charge < -0.3 is 14.5 Å². The first-order valence-electron chi connectivity index (χ1n) is 12.5. The molecule has 0 fully saturated rings. The number of aromatic nitrogens is 1. The van der Waals surface area contributed by atoms with Gasteiger partial charge in [0.2, 0.25) is 0 Å². The van der Waals surface area contributed by atoms with Gasteiger partial charge in [-0.1, -0.05) is 26.7 Å². The number of halogens is 3. The van der Waals surface area contributed by atoms with Gasteiger partial charge in [0.15, 0.2) is 0 Å². The predicted molar refractivity (Wildman–Crippen MR) is 153 cm³/mol. The number of ether oxygens (including phenoxy) is 1. The summed E-state index contributed by atoms with van der Waals surface area (Å²) in [6.07, 6.45) is -0.593. The van der Waals surface area contributed by atoms with Gasteiger partial charge in [-0.15, -0.1) is 18.1 Å². The fraction of sp³-hybridized carbons (Fsp3) is 0.517. The van der Waals surface area contributed by atoms with Crippen LogP contribution in [0.5, 0.6) is 0 Å².